The van der Waals surface area contributed by atoms with Crippen LogP contribution in [0.3, 0.4) is 0 Å². The number of nitriles is 1. The van der Waals surface area contributed by atoms with Crippen LogP contribution in [-0.2, 0) is 5.75 Å². The van der Waals surface area contributed by atoms with Crippen molar-refractivity contribution >= 4 is 40.3 Å². The minimum Gasteiger partial charge on any atom is -0.351 e. The SMILES string of the molecule is CSC(=NC#N)N1CCC(C2c3ccc(Cl)cc3SCc3cccnc32)CC1. The van der Waals surface area contributed by atoms with Crippen LogP contribution in [0, 0.1) is 17.4 Å². The topological polar surface area (TPSA) is 52.3 Å². The van der Waals surface area contributed by atoms with Crippen LogP contribution in [-0.4, -0.2) is 34.4 Å². The zero-order valence-corrected chi connectivity index (χ0v) is 18.0. The Bertz CT molecular complexity index is 932. The van der Waals surface area contributed by atoms with E-state index in [4.69, 9.17) is 21.8 Å². The summed E-state index contributed by atoms with van der Waals surface area (Å²) in [4.78, 5) is 12.3. The molecule has 0 aliphatic carbocycles. The fraction of sp³-hybridized carbons (Fsp3) is 0.381. The Hall–Kier alpha value is -1.68. The summed E-state index contributed by atoms with van der Waals surface area (Å²) in [7, 11) is 0. The highest BCUT2D eigenvalue weighted by Gasteiger charge is 2.34. The molecule has 4 rings (SSSR count). The summed E-state index contributed by atoms with van der Waals surface area (Å²) < 4.78 is 0. The number of fused-ring (bicyclic) bond motifs is 2. The Morgan fingerprint density at radius 3 is 2.93 bits per heavy atom. The van der Waals surface area contributed by atoms with Crippen LogP contribution in [0.2, 0.25) is 5.02 Å². The molecule has 1 atom stereocenters. The molecule has 0 spiro atoms. The van der Waals surface area contributed by atoms with Crippen LogP contribution in [0.25, 0.3) is 0 Å². The van der Waals surface area contributed by atoms with Gasteiger partial charge in [-0.2, -0.15) is 5.26 Å². The Balaban J connectivity index is 1.66. The van der Waals surface area contributed by atoms with Crippen molar-refractivity contribution in [2.75, 3.05) is 19.3 Å². The van der Waals surface area contributed by atoms with Crippen LogP contribution in [0.4, 0.5) is 0 Å². The number of piperidine rings is 1. The monoisotopic (exact) mass is 428 g/mol. The van der Waals surface area contributed by atoms with Crippen molar-refractivity contribution in [1.82, 2.24) is 9.88 Å². The highest BCUT2D eigenvalue weighted by Crippen LogP contribution is 2.46. The normalized spacial score (nSPS) is 20.1. The van der Waals surface area contributed by atoms with Crippen molar-refractivity contribution in [2.24, 2.45) is 10.9 Å². The van der Waals surface area contributed by atoms with Crippen molar-refractivity contribution in [2.45, 2.75) is 29.4 Å². The van der Waals surface area contributed by atoms with Gasteiger partial charge in [-0.1, -0.05) is 35.5 Å². The molecule has 0 N–H and O–H groups in total. The lowest BCUT2D eigenvalue weighted by molar-refractivity contribution is 0.250. The number of benzene rings is 1. The molecule has 1 saturated heterocycles. The molecule has 0 bridgehead atoms. The first-order valence-corrected chi connectivity index (χ1v) is 11.9. The molecule has 28 heavy (non-hydrogen) atoms. The molecule has 1 fully saturated rings. The lowest BCUT2D eigenvalue weighted by Crippen LogP contribution is -2.38. The van der Waals surface area contributed by atoms with Gasteiger partial charge in [-0.3, -0.25) is 4.98 Å². The summed E-state index contributed by atoms with van der Waals surface area (Å²) in [5, 5.41) is 10.5. The quantitative estimate of drug-likeness (QED) is 0.346. The third-order valence-corrected chi connectivity index (χ3v) is 7.59. The van der Waals surface area contributed by atoms with Gasteiger partial charge in [0.05, 0.1) is 5.69 Å². The Kier molecular flexibility index (Phi) is 6.15. The van der Waals surface area contributed by atoms with E-state index in [1.165, 1.54) is 21.7 Å². The van der Waals surface area contributed by atoms with E-state index in [2.05, 4.69) is 28.1 Å². The van der Waals surface area contributed by atoms with E-state index in [9.17, 15) is 0 Å². The molecule has 3 heterocycles. The van der Waals surface area contributed by atoms with E-state index in [-0.39, 0.29) is 5.92 Å². The zero-order chi connectivity index (χ0) is 19.5. The summed E-state index contributed by atoms with van der Waals surface area (Å²) in [5.41, 5.74) is 3.88. The number of thioether (sulfide) groups is 2. The molecule has 2 aliphatic rings. The number of aromatic nitrogens is 1. The molecule has 0 amide bonds. The second-order valence-corrected chi connectivity index (χ2v) is 9.25. The number of rotatable bonds is 1. The van der Waals surface area contributed by atoms with Gasteiger partial charge in [0.25, 0.3) is 0 Å². The summed E-state index contributed by atoms with van der Waals surface area (Å²) in [6, 6.07) is 10.5. The van der Waals surface area contributed by atoms with Crippen molar-refractivity contribution < 1.29 is 0 Å². The predicted molar refractivity (Wildman–Crippen MR) is 118 cm³/mol. The van der Waals surface area contributed by atoms with E-state index in [1.807, 2.05) is 42.5 Å². The maximum Gasteiger partial charge on any atom is 0.208 e. The number of nitrogens with zero attached hydrogens (tertiary/aromatic N) is 4. The van der Waals surface area contributed by atoms with E-state index < -0.39 is 0 Å². The van der Waals surface area contributed by atoms with Gasteiger partial charge < -0.3 is 4.90 Å². The predicted octanol–water partition coefficient (Wildman–Crippen LogP) is 5.38. The van der Waals surface area contributed by atoms with Gasteiger partial charge in [-0.25, -0.2) is 0 Å². The first-order valence-electron chi connectivity index (χ1n) is 9.33. The number of aliphatic imine (C=N–C) groups is 1. The van der Waals surface area contributed by atoms with Gasteiger partial charge >= 0.3 is 0 Å². The molecule has 0 saturated carbocycles. The second kappa shape index (κ2) is 8.77. The zero-order valence-electron chi connectivity index (χ0n) is 15.6. The Labute approximate surface area is 179 Å². The molecule has 7 heteroatoms. The molecule has 1 aromatic carbocycles. The largest absolute Gasteiger partial charge is 0.351 e. The van der Waals surface area contributed by atoms with E-state index in [0.29, 0.717) is 5.92 Å². The molecule has 0 radical (unpaired) electrons. The second-order valence-electron chi connectivity index (χ2n) is 7.02. The molecule has 1 aromatic heterocycles. The van der Waals surface area contributed by atoms with Crippen molar-refractivity contribution in [3.05, 3.63) is 58.4 Å². The van der Waals surface area contributed by atoms with Gasteiger partial charge in [0.2, 0.25) is 6.19 Å². The molecular weight excluding hydrogens is 408 g/mol. The Morgan fingerprint density at radius 1 is 1.36 bits per heavy atom. The first kappa shape index (κ1) is 19.6. The first-order chi connectivity index (χ1) is 13.7. The standard InChI is InChI=1S/C21H21ClN4S2/c1-27-21(25-13-23)26-9-6-14(7-10-26)19-17-5-4-16(22)11-18(17)28-12-15-3-2-8-24-20(15)19/h2-5,8,11,14,19H,6-7,9-10,12H2,1H3. The summed E-state index contributed by atoms with van der Waals surface area (Å²) in [5.74, 6) is 1.72. The van der Waals surface area contributed by atoms with Gasteiger partial charge in [-0.05, 0) is 54.3 Å². The summed E-state index contributed by atoms with van der Waals surface area (Å²) in [6.45, 7) is 1.83. The van der Waals surface area contributed by atoms with Crippen molar-refractivity contribution in [1.29, 1.82) is 5.26 Å². The van der Waals surface area contributed by atoms with Crippen LogP contribution >= 0.6 is 35.1 Å². The average molecular weight is 429 g/mol. The lowest BCUT2D eigenvalue weighted by atomic mass is 9.77. The minimum absolute atomic E-state index is 0.284. The van der Waals surface area contributed by atoms with E-state index in [1.54, 1.807) is 11.8 Å². The number of amidine groups is 1. The van der Waals surface area contributed by atoms with Crippen LogP contribution in [0.5, 0.6) is 0 Å². The van der Waals surface area contributed by atoms with Crippen molar-refractivity contribution in [3.8, 4) is 6.19 Å². The fourth-order valence-corrected chi connectivity index (χ4v) is 6.17. The summed E-state index contributed by atoms with van der Waals surface area (Å²) >= 11 is 9.70. The van der Waals surface area contributed by atoms with Crippen LogP contribution in [0.15, 0.2) is 46.4 Å². The highest BCUT2D eigenvalue weighted by atomic mass is 35.5. The molecule has 2 aliphatic heterocycles. The highest BCUT2D eigenvalue weighted by molar-refractivity contribution is 8.13. The molecular formula is C21H21ClN4S2. The fourth-order valence-electron chi connectivity index (χ4n) is 4.24. The van der Waals surface area contributed by atoms with Gasteiger partial charge in [-0.15, -0.1) is 16.8 Å². The smallest absolute Gasteiger partial charge is 0.208 e. The van der Waals surface area contributed by atoms with Crippen molar-refractivity contribution in [3.63, 3.8) is 0 Å². The van der Waals surface area contributed by atoms with Gasteiger partial charge in [0, 0.05) is 40.9 Å². The Morgan fingerprint density at radius 2 is 2.18 bits per heavy atom. The summed E-state index contributed by atoms with van der Waals surface area (Å²) in [6.07, 6.45) is 7.93. The number of hydrogen-bond acceptors (Lipinski definition) is 5. The number of pyridine rings is 1. The van der Waals surface area contributed by atoms with Gasteiger partial charge in [0.15, 0.2) is 5.17 Å². The minimum atomic E-state index is 0.284. The maximum absolute atomic E-state index is 8.93. The molecule has 2 aromatic rings. The van der Waals surface area contributed by atoms with Gasteiger partial charge in [0.1, 0.15) is 0 Å². The molecule has 144 valence electrons. The third kappa shape index (κ3) is 3.89. The van der Waals surface area contributed by atoms with Crippen LogP contribution in [0.1, 0.15) is 35.6 Å². The van der Waals surface area contributed by atoms with E-state index >= 15 is 0 Å². The third-order valence-electron chi connectivity index (χ3n) is 5.52. The van der Waals surface area contributed by atoms with E-state index in [0.717, 1.165) is 41.9 Å². The molecule has 4 nitrogen and oxygen atoms in total. The maximum atomic E-state index is 8.93. The van der Waals surface area contributed by atoms with Crippen LogP contribution < -0.4 is 0 Å². The average Bonchev–Trinajstić information content (AvgIpc) is 2.89. The number of halogens is 1. The number of hydrogen-bond donors (Lipinski definition) is 0. The lowest BCUT2D eigenvalue weighted by Gasteiger charge is -2.37. The molecule has 1 unspecified atom stereocenters. The number of likely N-dealkylation sites (tertiary alicyclic amines) is 1.